The maximum atomic E-state index is 11.7. The summed E-state index contributed by atoms with van der Waals surface area (Å²) in [5.74, 6) is 0.108. The van der Waals surface area contributed by atoms with Crippen molar-refractivity contribution in [1.82, 2.24) is 10.6 Å². The first-order valence-electron chi connectivity index (χ1n) is 13.5. The zero-order valence-electron chi connectivity index (χ0n) is 22.2. The van der Waals surface area contributed by atoms with Crippen molar-refractivity contribution in [3.63, 3.8) is 0 Å². The second-order valence-electron chi connectivity index (χ2n) is 9.93. The van der Waals surface area contributed by atoms with Crippen molar-refractivity contribution >= 4 is 24.0 Å². The monoisotopic (exact) mass is 538 g/mol. The van der Waals surface area contributed by atoms with Crippen molar-refractivity contribution < 1.29 is 28.7 Å². The highest BCUT2D eigenvalue weighted by atomic mass is 16.6. The molecule has 0 spiro atoms. The van der Waals surface area contributed by atoms with Crippen LogP contribution in [0.5, 0.6) is 11.5 Å². The van der Waals surface area contributed by atoms with Gasteiger partial charge in [0.25, 0.3) is 0 Å². The first-order chi connectivity index (χ1) is 18.8. The van der Waals surface area contributed by atoms with Crippen LogP contribution in [0, 0.1) is 5.92 Å². The molecule has 2 aliphatic carbocycles. The van der Waals surface area contributed by atoms with Crippen molar-refractivity contribution in [2.24, 2.45) is 17.4 Å². The van der Waals surface area contributed by atoms with E-state index in [1.54, 1.807) is 36.4 Å². The molecule has 0 unspecified atom stereocenters. The standard InChI is InChI=1S/C15H20N2O3.C14H18N2O3/c16-14(18)12-7-4-8-13(9-12)20-15(19)17-10-11-5-2-1-3-6-11;15-13(17)10-5-4-8-12(9-10)19-14(18)16-11-6-2-1-3-7-11/h4,7-9,11H,1-3,5-6,10H2,(H2,16,18)(H,17,19);4-5,8-9,11H,1-3,6-7H2,(H2,15,17)(H,16,18). The number of ether oxygens (including phenoxy) is 2. The van der Waals surface area contributed by atoms with Gasteiger partial charge in [0.1, 0.15) is 11.5 Å². The molecule has 210 valence electrons. The van der Waals surface area contributed by atoms with Crippen LogP contribution in [0.25, 0.3) is 0 Å². The molecule has 0 bridgehead atoms. The highest BCUT2D eigenvalue weighted by Gasteiger charge is 2.17. The smallest absolute Gasteiger partial charge is 0.410 e. The van der Waals surface area contributed by atoms with Crippen molar-refractivity contribution in [3.8, 4) is 11.5 Å². The van der Waals surface area contributed by atoms with Gasteiger partial charge in [0.2, 0.25) is 11.8 Å². The van der Waals surface area contributed by atoms with E-state index >= 15 is 0 Å². The number of carbonyl (C=O) groups excluding carboxylic acids is 4. The van der Waals surface area contributed by atoms with Crippen LogP contribution in [0.1, 0.15) is 84.9 Å². The molecular weight excluding hydrogens is 500 g/mol. The van der Waals surface area contributed by atoms with E-state index in [0.29, 0.717) is 35.1 Å². The average molecular weight is 539 g/mol. The van der Waals surface area contributed by atoms with Crippen LogP contribution in [0.4, 0.5) is 9.59 Å². The summed E-state index contributed by atoms with van der Waals surface area (Å²) < 4.78 is 10.3. The molecule has 0 radical (unpaired) electrons. The van der Waals surface area contributed by atoms with Gasteiger partial charge in [-0.15, -0.1) is 0 Å². The summed E-state index contributed by atoms with van der Waals surface area (Å²) in [6.45, 7) is 0.647. The van der Waals surface area contributed by atoms with Crippen LogP contribution in [0.2, 0.25) is 0 Å². The Morgan fingerprint density at radius 1 is 0.692 bits per heavy atom. The Hall–Kier alpha value is -4.08. The molecule has 2 aromatic rings. The Balaban J connectivity index is 0.000000216. The Labute approximate surface area is 228 Å². The van der Waals surface area contributed by atoms with Crippen molar-refractivity contribution in [3.05, 3.63) is 59.7 Å². The van der Waals surface area contributed by atoms with E-state index in [9.17, 15) is 19.2 Å². The number of hydrogen-bond acceptors (Lipinski definition) is 6. The molecule has 2 aromatic carbocycles. The Bertz CT molecular complexity index is 1130. The summed E-state index contributed by atoms with van der Waals surface area (Å²) in [7, 11) is 0. The van der Waals surface area contributed by atoms with Gasteiger partial charge in [0.05, 0.1) is 0 Å². The molecule has 0 saturated heterocycles. The number of amides is 4. The Morgan fingerprint density at radius 3 is 1.69 bits per heavy atom. The van der Waals surface area contributed by atoms with E-state index in [1.165, 1.54) is 37.8 Å². The fraction of sp³-hybridized carbons (Fsp3) is 0.448. The summed E-state index contributed by atoms with van der Waals surface area (Å²) >= 11 is 0. The predicted octanol–water partition coefficient (Wildman–Crippen LogP) is 4.66. The fourth-order valence-corrected chi connectivity index (χ4v) is 4.74. The SMILES string of the molecule is NC(=O)c1cccc(OC(=O)NC2CCCCC2)c1.NC(=O)c1cccc(OC(=O)NCC2CCCCC2)c1. The maximum Gasteiger partial charge on any atom is 0.412 e. The summed E-state index contributed by atoms with van der Waals surface area (Å²) in [6, 6.07) is 12.8. The normalized spacial score (nSPS) is 15.7. The molecule has 0 heterocycles. The highest BCUT2D eigenvalue weighted by molar-refractivity contribution is 5.93. The molecule has 2 fully saturated rings. The molecule has 0 atom stereocenters. The average Bonchev–Trinajstić information content (AvgIpc) is 2.93. The minimum atomic E-state index is -0.543. The number of nitrogens with one attached hydrogen (secondary N) is 2. The lowest BCUT2D eigenvalue weighted by Crippen LogP contribution is -2.38. The topological polar surface area (TPSA) is 163 Å². The molecule has 10 heteroatoms. The van der Waals surface area contributed by atoms with Crippen LogP contribution in [-0.4, -0.2) is 36.6 Å². The van der Waals surface area contributed by atoms with Gasteiger partial charge in [-0.1, -0.05) is 50.7 Å². The number of hydrogen-bond donors (Lipinski definition) is 4. The van der Waals surface area contributed by atoms with Crippen LogP contribution in [-0.2, 0) is 0 Å². The third-order valence-electron chi connectivity index (χ3n) is 6.85. The predicted molar refractivity (Wildman–Crippen MR) is 147 cm³/mol. The van der Waals surface area contributed by atoms with Gasteiger partial charge in [0.15, 0.2) is 0 Å². The number of primary amides is 2. The minimum absolute atomic E-state index is 0.195. The molecule has 4 rings (SSSR count). The van der Waals surface area contributed by atoms with Gasteiger partial charge in [-0.3, -0.25) is 9.59 Å². The van der Waals surface area contributed by atoms with E-state index in [2.05, 4.69) is 10.6 Å². The van der Waals surface area contributed by atoms with Gasteiger partial charge >= 0.3 is 12.2 Å². The molecule has 2 aliphatic rings. The van der Waals surface area contributed by atoms with Crippen LogP contribution < -0.4 is 31.6 Å². The molecular formula is C29H38N4O6. The van der Waals surface area contributed by atoms with Gasteiger partial charge in [-0.2, -0.15) is 0 Å². The van der Waals surface area contributed by atoms with Crippen molar-refractivity contribution in [2.75, 3.05) is 6.54 Å². The second kappa shape index (κ2) is 15.4. The number of nitrogens with two attached hydrogens (primary N) is 2. The van der Waals surface area contributed by atoms with E-state index in [-0.39, 0.29) is 6.04 Å². The van der Waals surface area contributed by atoms with Crippen LogP contribution in [0.3, 0.4) is 0 Å². The molecule has 6 N–H and O–H groups in total. The van der Waals surface area contributed by atoms with E-state index in [1.807, 2.05) is 0 Å². The summed E-state index contributed by atoms with van der Waals surface area (Å²) in [4.78, 5) is 45.5. The zero-order valence-corrected chi connectivity index (χ0v) is 22.2. The zero-order chi connectivity index (χ0) is 28.0. The molecule has 0 aromatic heterocycles. The lowest BCUT2D eigenvalue weighted by atomic mass is 9.89. The maximum absolute atomic E-state index is 11.7. The third kappa shape index (κ3) is 10.7. The molecule has 0 aliphatic heterocycles. The van der Waals surface area contributed by atoms with Gasteiger partial charge in [-0.25, -0.2) is 9.59 Å². The van der Waals surface area contributed by atoms with E-state index in [4.69, 9.17) is 20.9 Å². The van der Waals surface area contributed by atoms with Crippen LogP contribution in [0.15, 0.2) is 48.5 Å². The highest BCUT2D eigenvalue weighted by Crippen LogP contribution is 2.23. The third-order valence-corrected chi connectivity index (χ3v) is 6.85. The largest absolute Gasteiger partial charge is 0.412 e. The number of rotatable bonds is 7. The summed E-state index contributed by atoms with van der Waals surface area (Å²) in [6.07, 6.45) is 10.6. The van der Waals surface area contributed by atoms with Crippen molar-refractivity contribution in [1.29, 1.82) is 0 Å². The van der Waals surface area contributed by atoms with Gasteiger partial charge in [-0.05, 0) is 68.0 Å². The molecule has 4 amide bonds. The Kier molecular flexibility index (Phi) is 11.6. The van der Waals surface area contributed by atoms with Crippen LogP contribution >= 0.6 is 0 Å². The molecule has 2 saturated carbocycles. The lowest BCUT2D eigenvalue weighted by Gasteiger charge is -2.22. The summed E-state index contributed by atoms with van der Waals surface area (Å²) in [5.41, 5.74) is 11.0. The van der Waals surface area contributed by atoms with Gasteiger partial charge < -0.3 is 31.6 Å². The quantitative estimate of drug-likeness (QED) is 0.400. The summed E-state index contributed by atoms with van der Waals surface area (Å²) in [5, 5.41) is 5.61. The van der Waals surface area contributed by atoms with E-state index in [0.717, 1.165) is 38.5 Å². The lowest BCUT2D eigenvalue weighted by molar-refractivity contribution is 0.0991. The number of benzene rings is 2. The van der Waals surface area contributed by atoms with E-state index < -0.39 is 24.0 Å². The number of carbonyl (C=O) groups is 4. The minimum Gasteiger partial charge on any atom is -0.410 e. The fourth-order valence-electron chi connectivity index (χ4n) is 4.74. The first kappa shape index (κ1) is 29.5. The first-order valence-corrected chi connectivity index (χ1v) is 13.5. The molecule has 10 nitrogen and oxygen atoms in total. The molecule has 39 heavy (non-hydrogen) atoms. The van der Waals surface area contributed by atoms with Gasteiger partial charge in [0, 0.05) is 23.7 Å². The second-order valence-corrected chi connectivity index (χ2v) is 9.93. The van der Waals surface area contributed by atoms with Crippen molar-refractivity contribution in [2.45, 2.75) is 70.3 Å². The Morgan fingerprint density at radius 2 is 1.18 bits per heavy atom.